The van der Waals surface area contributed by atoms with Gasteiger partial charge in [0.05, 0.1) is 0 Å². The molecule has 0 aromatic heterocycles. The fourth-order valence-corrected chi connectivity index (χ4v) is 8.23. The van der Waals surface area contributed by atoms with Gasteiger partial charge in [-0.25, -0.2) is 0 Å². The number of hydrogen-bond donors (Lipinski definition) is 3. The van der Waals surface area contributed by atoms with Gasteiger partial charge in [-0.1, -0.05) is 0 Å². The number of alkyl halides is 2. The molecule has 0 saturated carbocycles. The van der Waals surface area contributed by atoms with Gasteiger partial charge in [0.2, 0.25) is 0 Å². The molecule has 2 rings (SSSR count). The van der Waals surface area contributed by atoms with Gasteiger partial charge >= 0.3 is 242 Å². The first-order chi connectivity index (χ1) is 18.8. The molecule has 0 unspecified atom stereocenters. The molecular weight excluding hydrogens is 635 g/mol. The zero-order valence-corrected chi connectivity index (χ0v) is 25.9. The zero-order chi connectivity index (χ0) is 30.1. The van der Waals surface area contributed by atoms with Gasteiger partial charge in [0, 0.05) is 0 Å². The van der Waals surface area contributed by atoms with Crippen LogP contribution in [0.5, 0.6) is 0 Å². The van der Waals surface area contributed by atoms with Crippen molar-refractivity contribution in [3.05, 3.63) is 70.1 Å². The molecule has 0 spiro atoms. The molecule has 12 heteroatoms. The number of rotatable bonds is 4. The molecule has 0 aromatic carbocycles. The fourth-order valence-electron chi connectivity index (χ4n) is 4.15. The van der Waals surface area contributed by atoms with E-state index in [0.29, 0.717) is 12.0 Å². The Hall–Kier alpha value is -3.23. The van der Waals surface area contributed by atoms with E-state index < -0.39 is 47.9 Å². The predicted octanol–water partition coefficient (Wildman–Crippen LogP) is 3.65. The first-order valence-electron chi connectivity index (χ1n) is 12.4. The number of carbonyl (C=O) groups is 4. The van der Waals surface area contributed by atoms with Crippen LogP contribution in [0.1, 0.15) is 40.5 Å². The van der Waals surface area contributed by atoms with Gasteiger partial charge < -0.3 is 0 Å². The van der Waals surface area contributed by atoms with Crippen LogP contribution in [-0.4, -0.2) is 56.4 Å². The maximum absolute atomic E-state index is 13.3. The molecule has 0 radical (unpaired) electrons. The van der Waals surface area contributed by atoms with Crippen molar-refractivity contribution in [1.29, 1.82) is 0 Å². The van der Waals surface area contributed by atoms with Gasteiger partial charge in [0.25, 0.3) is 0 Å². The van der Waals surface area contributed by atoms with Crippen LogP contribution in [0.2, 0.25) is 0 Å². The summed E-state index contributed by atoms with van der Waals surface area (Å²) >= 11 is -2.83. The monoisotopic (exact) mass is 672 g/mol. The molecule has 4 N–H and O–H groups in total. The number of amides is 2. The summed E-state index contributed by atoms with van der Waals surface area (Å²) in [5.41, 5.74) is 6.01. The van der Waals surface area contributed by atoms with Crippen molar-refractivity contribution in [2.45, 2.75) is 48.6 Å². The molecule has 0 aromatic rings. The molecule has 0 saturated heterocycles. The van der Waals surface area contributed by atoms with E-state index in [-0.39, 0.29) is 50.4 Å². The van der Waals surface area contributed by atoms with E-state index >= 15 is 0 Å². The van der Waals surface area contributed by atoms with Gasteiger partial charge in [-0.2, -0.15) is 0 Å². The number of Topliss-reactive ketones (excluding diaryl/α,β-unsaturated/α-hetero) is 1. The third-order valence-corrected chi connectivity index (χ3v) is 11.0. The molecule has 220 valence electrons. The molecule has 2 amide bonds. The quantitative estimate of drug-likeness (QED) is 0.230. The number of methoxy groups -OCH3 is 3. The topological polar surface area (TPSA) is 163 Å². The van der Waals surface area contributed by atoms with E-state index in [1.165, 1.54) is 46.5 Å². The Labute approximate surface area is 241 Å². The third kappa shape index (κ3) is 8.38. The Kier molecular flexibility index (Phi) is 12.3. The minimum absolute atomic E-state index is 0.0558. The Morgan fingerprint density at radius 1 is 1.07 bits per heavy atom. The number of primary amides is 1. The van der Waals surface area contributed by atoms with Crippen molar-refractivity contribution in [2.75, 3.05) is 21.3 Å². The molecule has 3 atom stereocenters. The molecule has 2 aliphatic rings. The normalized spacial score (nSPS) is 29.9. The number of ketones is 2. The van der Waals surface area contributed by atoms with Crippen LogP contribution >= 0.6 is 20.2 Å². The van der Waals surface area contributed by atoms with Crippen molar-refractivity contribution in [2.24, 2.45) is 11.7 Å². The number of halogens is 1. The molecule has 11 nitrogen and oxygen atoms in total. The van der Waals surface area contributed by atoms with E-state index in [1.54, 1.807) is 13.0 Å². The summed E-state index contributed by atoms with van der Waals surface area (Å²) in [4.78, 5) is 50.6. The molecule has 1 heterocycles. The van der Waals surface area contributed by atoms with Crippen molar-refractivity contribution >= 4 is 43.8 Å². The molecule has 1 aliphatic carbocycles. The number of ether oxygens (including phenoxy) is 4. The second-order valence-corrected chi connectivity index (χ2v) is 14.5. The SMILES string of the molecule is COC1=C2C[C@@H](C)C[C@H](OC)I(O)[C@@H](C)/C=C(C)/C(OC(N)=O)=C(OC)/C=C\C=C(/C)C(=O)NC(=CC1=O)C2=O. The summed E-state index contributed by atoms with van der Waals surface area (Å²) in [5.74, 6) is -1.71. The summed E-state index contributed by atoms with van der Waals surface area (Å²) in [6, 6.07) is 0. The molecule has 40 heavy (non-hydrogen) atoms. The van der Waals surface area contributed by atoms with Crippen molar-refractivity contribution in [3.8, 4) is 0 Å². The van der Waals surface area contributed by atoms with Crippen molar-refractivity contribution < 1.29 is 41.6 Å². The Morgan fingerprint density at radius 3 is 2.33 bits per heavy atom. The summed E-state index contributed by atoms with van der Waals surface area (Å²) in [5, 5.41) is 2.52. The van der Waals surface area contributed by atoms with Crippen LogP contribution in [0.15, 0.2) is 70.1 Å². The summed E-state index contributed by atoms with van der Waals surface area (Å²) in [7, 11) is 4.20. The average Bonchev–Trinajstić information content (AvgIpc) is 2.90. The van der Waals surface area contributed by atoms with Crippen LogP contribution in [0.3, 0.4) is 0 Å². The van der Waals surface area contributed by atoms with Gasteiger partial charge in [0.1, 0.15) is 0 Å². The number of allylic oxidation sites excluding steroid dienone is 7. The number of nitrogens with one attached hydrogen (secondary N) is 1. The number of hydrogen-bond acceptors (Lipinski definition) is 9. The zero-order valence-electron chi connectivity index (χ0n) is 23.7. The second-order valence-electron chi connectivity index (χ2n) is 9.28. The molecule has 0 fully saturated rings. The molecule has 1 aliphatic heterocycles. The van der Waals surface area contributed by atoms with E-state index in [9.17, 15) is 22.6 Å². The second kappa shape index (κ2) is 15.0. The molecular formula is C28H37IN2O9. The average molecular weight is 673 g/mol. The van der Waals surface area contributed by atoms with Crippen LogP contribution in [0.4, 0.5) is 4.79 Å². The maximum atomic E-state index is 13.3. The summed E-state index contributed by atoms with van der Waals surface area (Å²) in [6.07, 6.45) is 6.76. The molecule has 2 bridgehead atoms. The Bertz CT molecular complexity index is 1230. The van der Waals surface area contributed by atoms with E-state index in [2.05, 4.69) is 5.32 Å². The first kappa shape index (κ1) is 33.0. The number of fused-ring (bicyclic) bond motifs is 2. The van der Waals surface area contributed by atoms with Crippen molar-refractivity contribution in [1.82, 2.24) is 5.32 Å². The Balaban J connectivity index is 2.66. The van der Waals surface area contributed by atoms with Gasteiger partial charge in [-0.15, -0.1) is 0 Å². The minimum atomic E-state index is -2.83. The van der Waals surface area contributed by atoms with Crippen molar-refractivity contribution in [3.63, 3.8) is 0 Å². The Morgan fingerprint density at radius 2 is 1.75 bits per heavy atom. The summed E-state index contributed by atoms with van der Waals surface area (Å²) < 4.78 is 32.1. The van der Waals surface area contributed by atoms with E-state index in [1.807, 2.05) is 13.8 Å². The predicted molar refractivity (Wildman–Crippen MR) is 157 cm³/mol. The third-order valence-electron chi connectivity index (χ3n) is 6.18. The standard InChI is InChI=1S/C28H37IN2O9/c1-15-11-19-24(33)20(14-21(32)26(19)39-7)31-27(34)16(2)9-8-10-22(37-5)25(40-28(30)35)17(3)13-18(4)29(36)23(12-15)38-6/h8-10,13-15,18,23,36H,11-12H2,1-7H3,(H2,30,35)(H,31,34)/b10-8-,16-9+,17-13+,25-22+/t15-,18+,23+/m1/s1. The number of nitrogens with two attached hydrogens (primary N) is 1. The van der Waals surface area contributed by atoms with Crippen LogP contribution < -0.4 is 11.1 Å². The van der Waals surface area contributed by atoms with Crippen LogP contribution in [0.25, 0.3) is 0 Å². The van der Waals surface area contributed by atoms with Crippen LogP contribution in [0, 0.1) is 5.92 Å². The van der Waals surface area contributed by atoms with Crippen LogP contribution in [-0.2, 0) is 33.3 Å². The summed E-state index contributed by atoms with van der Waals surface area (Å²) in [6.45, 7) is 6.94. The van der Waals surface area contributed by atoms with Gasteiger partial charge in [-0.3, -0.25) is 0 Å². The first-order valence-corrected chi connectivity index (χ1v) is 15.9. The van der Waals surface area contributed by atoms with E-state index in [4.69, 9.17) is 24.7 Å². The van der Waals surface area contributed by atoms with E-state index in [0.717, 1.165) is 6.08 Å². The van der Waals surface area contributed by atoms with Gasteiger partial charge in [0.15, 0.2) is 0 Å². The van der Waals surface area contributed by atoms with Gasteiger partial charge in [-0.05, 0) is 0 Å². The fraction of sp³-hybridized carbons (Fsp3) is 0.429. The number of carbonyl (C=O) groups excluding carboxylic acids is 4.